The van der Waals surface area contributed by atoms with Crippen molar-refractivity contribution in [2.24, 2.45) is 0 Å². The zero-order valence-corrected chi connectivity index (χ0v) is 9.39. The van der Waals surface area contributed by atoms with Crippen LogP contribution >= 0.6 is 11.3 Å². The maximum Gasteiger partial charge on any atom is 0.352 e. The number of nitrogens with zero attached hydrogens (tertiary/aromatic N) is 3. The van der Waals surface area contributed by atoms with Crippen LogP contribution in [0.15, 0.2) is 36.0 Å². The van der Waals surface area contributed by atoms with Crippen LogP contribution in [0, 0.1) is 0 Å². The van der Waals surface area contributed by atoms with Crippen LogP contribution in [0.5, 0.6) is 0 Å². The Bertz CT molecular complexity index is 688. The van der Waals surface area contributed by atoms with Gasteiger partial charge in [0.15, 0.2) is 0 Å². The van der Waals surface area contributed by atoms with E-state index in [-0.39, 0.29) is 5.69 Å². The van der Waals surface area contributed by atoms with Crippen molar-refractivity contribution >= 4 is 23.0 Å². The molecule has 17 heavy (non-hydrogen) atoms. The lowest BCUT2D eigenvalue weighted by Crippen LogP contribution is -2.03. The van der Waals surface area contributed by atoms with Crippen molar-refractivity contribution < 1.29 is 9.90 Å². The molecule has 0 saturated carbocycles. The molecule has 0 unspecified atom stereocenters. The zero-order chi connectivity index (χ0) is 11.8. The van der Waals surface area contributed by atoms with Gasteiger partial charge in [0, 0.05) is 17.8 Å². The van der Waals surface area contributed by atoms with Crippen molar-refractivity contribution in [2.75, 3.05) is 0 Å². The summed E-state index contributed by atoms with van der Waals surface area (Å²) in [6.45, 7) is 0. The molecule has 5 nitrogen and oxygen atoms in total. The molecule has 6 heteroatoms. The lowest BCUT2D eigenvalue weighted by atomic mass is 10.3. The van der Waals surface area contributed by atoms with Crippen molar-refractivity contribution in [1.29, 1.82) is 0 Å². The van der Waals surface area contributed by atoms with Crippen LogP contribution in [0.2, 0.25) is 0 Å². The van der Waals surface area contributed by atoms with E-state index in [0.717, 1.165) is 5.01 Å². The van der Waals surface area contributed by atoms with E-state index in [1.54, 1.807) is 35.0 Å². The van der Waals surface area contributed by atoms with E-state index in [9.17, 15) is 4.79 Å². The van der Waals surface area contributed by atoms with Gasteiger partial charge in [0.05, 0.1) is 0 Å². The normalized spacial score (nSPS) is 10.8. The smallest absolute Gasteiger partial charge is 0.352 e. The Morgan fingerprint density at radius 1 is 1.41 bits per heavy atom. The second-order valence-corrected chi connectivity index (χ2v) is 4.30. The Hall–Kier alpha value is -2.21. The number of hydrogen-bond donors (Lipinski definition) is 1. The molecule has 0 aliphatic carbocycles. The number of pyridine rings is 1. The van der Waals surface area contributed by atoms with Gasteiger partial charge in [-0.15, -0.1) is 11.3 Å². The van der Waals surface area contributed by atoms with E-state index in [1.807, 2.05) is 5.38 Å². The Balaban J connectivity index is 2.26. The van der Waals surface area contributed by atoms with Crippen LogP contribution in [0.25, 0.3) is 16.3 Å². The molecule has 0 aliphatic heterocycles. The Morgan fingerprint density at radius 3 is 3.00 bits per heavy atom. The Morgan fingerprint density at radius 2 is 2.29 bits per heavy atom. The number of thiazole rings is 1. The highest BCUT2D eigenvalue weighted by atomic mass is 32.1. The lowest BCUT2D eigenvalue weighted by Gasteiger charge is -1.97. The van der Waals surface area contributed by atoms with Gasteiger partial charge in [-0.05, 0) is 12.1 Å². The molecule has 0 aromatic carbocycles. The number of carboxylic acids is 1. The average Bonchev–Trinajstić information content (AvgIpc) is 2.96. The molecule has 0 aliphatic rings. The van der Waals surface area contributed by atoms with Crippen LogP contribution in [0.4, 0.5) is 0 Å². The van der Waals surface area contributed by atoms with E-state index in [1.165, 1.54) is 11.3 Å². The minimum Gasteiger partial charge on any atom is -0.477 e. The third-order valence-electron chi connectivity index (χ3n) is 2.36. The SMILES string of the molecule is O=C(O)c1cccc2nc(-c3nccs3)cn12. The van der Waals surface area contributed by atoms with E-state index in [4.69, 9.17) is 5.11 Å². The van der Waals surface area contributed by atoms with Gasteiger partial charge in [-0.1, -0.05) is 6.07 Å². The van der Waals surface area contributed by atoms with E-state index < -0.39 is 5.97 Å². The number of hydrogen-bond acceptors (Lipinski definition) is 4. The van der Waals surface area contributed by atoms with Gasteiger partial charge in [-0.2, -0.15) is 0 Å². The minimum atomic E-state index is -0.973. The first-order chi connectivity index (χ1) is 8.25. The summed E-state index contributed by atoms with van der Waals surface area (Å²) in [7, 11) is 0. The highest BCUT2D eigenvalue weighted by molar-refractivity contribution is 7.13. The van der Waals surface area contributed by atoms with Crippen LogP contribution in [0.1, 0.15) is 10.5 Å². The molecule has 3 rings (SSSR count). The zero-order valence-electron chi connectivity index (χ0n) is 8.57. The third kappa shape index (κ3) is 1.58. The first-order valence-electron chi connectivity index (χ1n) is 4.87. The Labute approximate surface area is 100 Å². The van der Waals surface area contributed by atoms with E-state index in [0.29, 0.717) is 11.3 Å². The Kier molecular flexibility index (Phi) is 2.15. The molecule has 3 aromatic heterocycles. The summed E-state index contributed by atoms with van der Waals surface area (Å²) in [5, 5.41) is 11.7. The first kappa shape index (κ1) is 9.98. The van der Waals surface area contributed by atoms with Crippen molar-refractivity contribution in [3.05, 3.63) is 41.7 Å². The maximum atomic E-state index is 11.0. The van der Waals surface area contributed by atoms with Gasteiger partial charge in [0.25, 0.3) is 0 Å². The molecule has 84 valence electrons. The largest absolute Gasteiger partial charge is 0.477 e. The second kappa shape index (κ2) is 3.67. The van der Waals surface area contributed by atoms with E-state index in [2.05, 4.69) is 9.97 Å². The van der Waals surface area contributed by atoms with Crippen molar-refractivity contribution in [2.45, 2.75) is 0 Å². The molecule has 3 aromatic rings. The third-order valence-corrected chi connectivity index (χ3v) is 3.16. The van der Waals surface area contributed by atoms with Gasteiger partial charge in [-0.25, -0.2) is 14.8 Å². The molecule has 0 spiro atoms. The summed E-state index contributed by atoms with van der Waals surface area (Å²) in [6, 6.07) is 4.99. The van der Waals surface area contributed by atoms with Gasteiger partial charge in [-0.3, -0.25) is 4.40 Å². The molecular weight excluding hydrogens is 238 g/mol. The predicted molar refractivity (Wildman–Crippen MR) is 63.3 cm³/mol. The quantitative estimate of drug-likeness (QED) is 0.751. The number of aromatic carboxylic acids is 1. The number of fused-ring (bicyclic) bond motifs is 1. The number of imidazole rings is 1. The molecular formula is C11H7N3O2S. The summed E-state index contributed by atoms with van der Waals surface area (Å²) >= 11 is 1.47. The van der Waals surface area contributed by atoms with Crippen LogP contribution in [0.3, 0.4) is 0 Å². The second-order valence-electron chi connectivity index (χ2n) is 3.41. The fourth-order valence-corrected chi connectivity index (χ4v) is 2.23. The fraction of sp³-hybridized carbons (Fsp3) is 0. The lowest BCUT2D eigenvalue weighted by molar-refractivity contribution is 0.0689. The maximum absolute atomic E-state index is 11.0. The summed E-state index contributed by atoms with van der Waals surface area (Å²) in [5.41, 5.74) is 1.49. The number of carbonyl (C=O) groups is 1. The molecule has 0 atom stereocenters. The van der Waals surface area contributed by atoms with Gasteiger partial charge in [0.2, 0.25) is 0 Å². The standard InChI is InChI=1S/C11H7N3O2S/c15-11(16)8-2-1-3-9-13-7(6-14(8)9)10-12-4-5-17-10/h1-6H,(H,15,16). The van der Waals surface area contributed by atoms with Crippen molar-refractivity contribution in [3.8, 4) is 10.7 Å². The van der Waals surface area contributed by atoms with Crippen molar-refractivity contribution in [3.63, 3.8) is 0 Å². The molecule has 0 bridgehead atoms. The van der Waals surface area contributed by atoms with Crippen LogP contribution in [-0.4, -0.2) is 25.4 Å². The molecule has 1 N–H and O–H groups in total. The number of aromatic nitrogens is 3. The predicted octanol–water partition coefficient (Wildman–Crippen LogP) is 2.16. The summed E-state index contributed by atoms with van der Waals surface area (Å²) < 4.78 is 1.55. The van der Waals surface area contributed by atoms with E-state index >= 15 is 0 Å². The topological polar surface area (TPSA) is 67.5 Å². The highest BCUT2D eigenvalue weighted by Gasteiger charge is 2.12. The molecule has 0 fully saturated rings. The first-order valence-corrected chi connectivity index (χ1v) is 5.75. The molecule has 0 saturated heterocycles. The average molecular weight is 245 g/mol. The van der Waals surface area contributed by atoms with Crippen LogP contribution in [-0.2, 0) is 0 Å². The fourth-order valence-electron chi connectivity index (χ4n) is 1.64. The van der Waals surface area contributed by atoms with Gasteiger partial charge < -0.3 is 5.11 Å². The molecule has 0 radical (unpaired) electrons. The van der Waals surface area contributed by atoms with Gasteiger partial charge >= 0.3 is 5.97 Å². The molecule has 3 heterocycles. The van der Waals surface area contributed by atoms with Crippen molar-refractivity contribution in [1.82, 2.24) is 14.4 Å². The summed E-state index contributed by atoms with van der Waals surface area (Å²) in [6.07, 6.45) is 3.39. The number of rotatable bonds is 2. The monoisotopic (exact) mass is 245 g/mol. The molecule has 0 amide bonds. The minimum absolute atomic E-state index is 0.192. The highest BCUT2D eigenvalue weighted by Crippen LogP contribution is 2.21. The summed E-state index contributed by atoms with van der Waals surface area (Å²) in [4.78, 5) is 19.5. The summed E-state index contributed by atoms with van der Waals surface area (Å²) in [5.74, 6) is -0.973. The number of carboxylic acid groups (broad SMARTS) is 1. The van der Waals surface area contributed by atoms with Gasteiger partial charge in [0.1, 0.15) is 22.0 Å². The van der Waals surface area contributed by atoms with Crippen LogP contribution < -0.4 is 0 Å².